The molecule has 2 aromatic rings. The molecule has 1 heterocycles. The lowest BCUT2D eigenvalue weighted by Crippen LogP contribution is -2.32. The molecule has 6 nitrogen and oxygen atoms in total. The number of aryl methyl sites for hydroxylation is 1. The molecule has 6 heteroatoms. The second kappa shape index (κ2) is 6.91. The maximum atomic E-state index is 11.5. The van der Waals surface area contributed by atoms with Crippen molar-refractivity contribution in [1.82, 2.24) is 4.98 Å². The molecule has 0 bridgehead atoms. The Hall–Kier alpha value is -2.60. The predicted octanol–water partition coefficient (Wildman–Crippen LogP) is 2.48. The van der Waals surface area contributed by atoms with Crippen molar-refractivity contribution in [2.24, 2.45) is 5.73 Å². The van der Waals surface area contributed by atoms with Crippen molar-refractivity contribution < 1.29 is 14.3 Å². The molecule has 0 saturated heterocycles. The van der Waals surface area contributed by atoms with Crippen molar-refractivity contribution in [3.8, 4) is 17.4 Å². The third kappa shape index (κ3) is 3.95. The van der Waals surface area contributed by atoms with Crippen LogP contribution in [0.2, 0.25) is 0 Å². The number of aromatic nitrogens is 1. The minimum Gasteiger partial charge on any atom is -0.493 e. The van der Waals surface area contributed by atoms with Gasteiger partial charge in [-0.3, -0.25) is 4.79 Å². The number of benzene rings is 1. The number of nitrogens with zero attached hydrogens (tertiary/aromatic N) is 1. The highest BCUT2D eigenvalue weighted by Gasteiger charge is 2.09. The standard InChI is InChI=1S/C16H19N3O3/c1-10-4-6-13(14(8-10)21-3)22-15-7-5-12(9-18-15)19-16(20)11(2)17/h4-9,11H,17H2,1-3H3,(H,19,20)/t11-/m1/s1. The largest absolute Gasteiger partial charge is 0.493 e. The number of hydrogen-bond acceptors (Lipinski definition) is 5. The van der Waals surface area contributed by atoms with E-state index in [4.69, 9.17) is 15.2 Å². The minimum atomic E-state index is -0.576. The van der Waals surface area contributed by atoms with Crippen LogP contribution in [-0.4, -0.2) is 24.0 Å². The van der Waals surface area contributed by atoms with E-state index in [9.17, 15) is 4.79 Å². The zero-order valence-corrected chi connectivity index (χ0v) is 12.8. The molecule has 0 unspecified atom stereocenters. The topological polar surface area (TPSA) is 86.5 Å². The van der Waals surface area contributed by atoms with Gasteiger partial charge in [0.15, 0.2) is 11.5 Å². The molecule has 0 spiro atoms. The number of methoxy groups -OCH3 is 1. The van der Waals surface area contributed by atoms with Crippen molar-refractivity contribution in [3.05, 3.63) is 42.1 Å². The van der Waals surface area contributed by atoms with Crippen LogP contribution in [0.15, 0.2) is 36.5 Å². The molecule has 22 heavy (non-hydrogen) atoms. The summed E-state index contributed by atoms with van der Waals surface area (Å²) in [6.07, 6.45) is 1.51. The Bertz CT molecular complexity index is 654. The molecule has 0 radical (unpaired) electrons. The third-order valence-electron chi connectivity index (χ3n) is 2.95. The van der Waals surface area contributed by atoms with Crippen molar-refractivity contribution in [1.29, 1.82) is 0 Å². The van der Waals surface area contributed by atoms with Gasteiger partial charge in [0.1, 0.15) is 0 Å². The lowest BCUT2D eigenvalue weighted by molar-refractivity contribution is -0.117. The van der Waals surface area contributed by atoms with E-state index in [1.807, 2.05) is 25.1 Å². The van der Waals surface area contributed by atoms with E-state index in [1.54, 1.807) is 26.2 Å². The number of amides is 1. The van der Waals surface area contributed by atoms with Crippen LogP contribution in [0.4, 0.5) is 5.69 Å². The molecular weight excluding hydrogens is 282 g/mol. The van der Waals surface area contributed by atoms with Gasteiger partial charge in [-0.05, 0) is 37.6 Å². The quantitative estimate of drug-likeness (QED) is 0.886. The number of carbonyl (C=O) groups is 1. The lowest BCUT2D eigenvalue weighted by Gasteiger charge is -2.11. The molecule has 2 rings (SSSR count). The summed E-state index contributed by atoms with van der Waals surface area (Å²) in [5.74, 6) is 1.35. The molecule has 1 aromatic heterocycles. The highest BCUT2D eigenvalue weighted by molar-refractivity contribution is 5.94. The maximum Gasteiger partial charge on any atom is 0.241 e. The Morgan fingerprint density at radius 2 is 2.05 bits per heavy atom. The fourth-order valence-corrected chi connectivity index (χ4v) is 1.74. The summed E-state index contributed by atoms with van der Waals surface area (Å²) < 4.78 is 11.0. The van der Waals surface area contributed by atoms with E-state index in [2.05, 4.69) is 10.3 Å². The van der Waals surface area contributed by atoms with Crippen molar-refractivity contribution in [2.45, 2.75) is 19.9 Å². The molecule has 0 aliphatic rings. The molecule has 0 saturated carbocycles. The van der Waals surface area contributed by atoms with Crippen molar-refractivity contribution in [3.63, 3.8) is 0 Å². The third-order valence-corrected chi connectivity index (χ3v) is 2.95. The number of carbonyl (C=O) groups excluding carboxylic acids is 1. The van der Waals surface area contributed by atoms with Gasteiger partial charge in [0, 0.05) is 6.07 Å². The van der Waals surface area contributed by atoms with Gasteiger partial charge in [-0.25, -0.2) is 4.98 Å². The van der Waals surface area contributed by atoms with Crippen LogP contribution < -0.4 is 20.5 Å². The molecule has 116 valence electrons. The minimum absolute atomic E-state index is 0.268. The smallest absolute Gasteiger partial charge is 0.241 e. The summed E-state index contributed by atoms with van der Waals surface area (Å²) in [6.45, 7) is 3.59. The van der Waals surface area contributed by atoms with E-state index >= 15 is 0 Å². The first-order chi connectivity index (χ1) is 10.5. The number of nitrogens with two attached hydrogens (primary N) is 1. The first-order valence-corrected chi connectivity index (χ1v) is 6.84. The number of hydrogen-bond donors (Lipinski definition) is 2. The molecule has 0 aliphatic carbocycles. The summed E-state index contributed by atoms with van der Waals surface area (Å²) in [5.41, 5.74) is 7.12. The van der Waals surface area contributed by atoms with Crippen molar-refractivity contribution >= 4 is 11.6 Å². The molecule has 3 N–H and O–H groups in total. The zero-order valence-electron chi connectivity index (χ0n) is 12.8. The van der Waals surface area contributed by atoms with Gasteiger partial charge in [0.25, 0.3) is 0 Å². The van der Waals surface area contributed by atoms with E-state index in [-0.39, 0.29) is 5.91 Å². The van der Waals surface area contributed by atoms with E-state index in [0.29, 0.717) is 23.1 Å². The Labute approximate surface area is 129 Å². The molecule has 1 aromatic carbocycles. The summed E-state index contributed by atoms with van der Waals surface area (Å²) in [5, 5.41) is 2.66. The Morgan fingerprint density at radius 3 is 2.64 bits per heavy atom. The fourth-order valence-electron chi connectivity index (χ4n) is 1.74. The van der Waals surface area contributed by atoms with Crippen LogP contribution in [0.3, 0.4) is 0 Å². The van der Waals surface area contributed by atoms with Crippen LogP contribution in [0.25, 0.3) is 0 Å². The predicted molar refractivity (Wildman–Crippen MR) is 84.3 cm³/mol. The first kappa shape index (κ1) is 15.8. The number of pyridine rings is 1. The summed E-state index contributed by atoms with van der Waals surface area (Å²) >= 11 is 0. The number of ether oxygens (including phenoxy) is 2. The van der Waals surface area contributed by atoms with E-state index < -0.39 is 6.04 Å². The average molecular weight is 301 g/mol. The second-order valence-corrected chi connectivity index (χ2v) is 4.92. The Balaban J connectivity index is 2.10. The normalized spacial score (nSPS) is 11.6. The maximum absolute atomic E-state index is 11.5. The molecule has 1 amide bonds. The van der Waals surface area contributed by atoms with Gasteiger partial charge in [0.2, 0.25) is 11.8 Å². The molecule has 0 aliphatic heterocycles. The number of rotatable bonds is 5. The second-order valence-electron chi connectivity index (χ2n) is 4.92. The van der Waals surface area contributed by atoms with Crippen molar-refractivity contribution in [2.75, 3.05) is 12.4 Å². The summed E-state index contributed by atoms with van der Waals surface area (Å²) in [6, 6.07) is 8.41. The molecule has 0 fully saturated rings. The summed E-state index contributed by atoms with van der Waals surface area (Å²) in [7, 11) is 1.58. The lowest BCUT2D eigenvalue weighted by atomic mass is 10.2. The van der Waals surface area contributed by atoms with Crippen LogP contribution >= 0.6 is 0 Å². The van der Waals surface area contributed by atoms with Crippen LogP contribution in [-0.2, 0) is 4.79 Å². The SMILES string of the molecule is COc1cc(C)ccc1Oc1ccc(NC(=O)[C@@H](C)N)cn1. The van der Waals surface area contributed by atoms with Gasteiger partial charge in [0.05, 0.1) is 25.0 Å². The Kier molecular flexibility index (Phi) is 4.95. The highest BCUT2D eigenvalue weighted by atomic mass is 16.5. The fraction of sp³-hybridized carbons (Fsp3) is 0.250. The van der Waals surface area contributed by atoms with E-state index in [0.717, 1.165) is 5.56 Å². The first-order valence-electron chi connectivity index (χ1n) is 6.84. The van der Waals surface area contributed by atoms with Crippen LogP contribution in [0.1, 0.15) is 12.5 Å². The Morgan fingerprint density at radius 1 is 1.27 bits per heavy atom. The highest BCUT2D eigenvalue weighted by Crippen LogP contribution is 2.31. The molecular formula is C16H19N3O3. The average Bonchev–Trinajstić information content (AvgIpc) is 2.50. The monoisotopic (exact) mass is 301 g/mol. The summed E-state index contributed by atoms with van der Waals surface area (Å²) in [4.78, 5) is 15.6. The number of nitrogens with one attached hydrogen (secondary N) is 1. The van der Waals surface area contributed by atoms with Gasteiger partial charge >= 0.3 is 0 Å². The van der Waals surface area contributed by atoms with Gasteiger partial charge < -0.3 is 20.5 Å². The zero-order chi connectivity index (χ0) is 16.1. The van der Waals surface area contributed by atoms with Crippen LogP contribution in [0.5, 0.6) is 17.4 Å². The van der Waals surface area contributed by atoms with Crippen LogP contribution in [0, 0.1) is 6.92 Å². The van der Waals surface area contributed by atoms with Gasteiger partial charge in [-0.1, -0.05) is 6.07 Å². The van der Waals surface area contributed by atoms with Gasteiger partial charge in [-0.15, -0.1) is 0 Å². The molecule has 1 atom stereocenters. The number of anilines is 1. The van der Waals surface area contributed by atoms with E-state index in [1.165, 1.54) is 6.20 Å². The van der Waals surface area contributed by atoms with Gasteiger partial charge in [-0.2, -0.15) is 0 Å².